The molecule has 0 radical (unpaired) electrons. The molecule has 2 saturated carbocycles. The lowest BCUT2D eigenvalue weighted by atomic mass is 9.89. The number of hydrogen-bond donors (Lipinski definition) is 4. The van der Waals surface area contributed by atoms with E-state index in [1.807, 2.05) is 36.4 Å². The first-order valence-corrected chi connectivity index (χ1v) is 13.6. The molecule has 0 saturated heterocycles. The van der Waals surface area contributed by atoms with Crippen LogP contribution in [-0.2, 0) is 9.59 Å². The monoisotopic (exact) mass is 488 g/mol. The highest BCUT2D eigenvalue weighted by Gasteiger charge is 2.25. The van der Waals surface area contributed by atoms with Gasteiger partial charge in [0.25, 0.3) is 0 Å². The molecule has 1 atom stereocenters. The van der Waals surface area contributed by atoms with Crippen molar-refractivity contribution in [2.24, 2.45) is 5.92 Å². The van der Waals surface area contributed by atoms with E-state index in [1.54, 1.807) is 18.2 Å². The van der Waals surface area contributed by atoms with Crippen molar-refractivity contribution in [3.05, 3.63) is 65.7 Å². The number of nitrogen functional groups attached to an aromatic ring is 1. The van der Waals surface area contributed by atoms with Crippen LogP contribution in [0.4, 0.5) is 11.4 Å². The van der Waals surface area contributed by atoms with Crippen molar-refractivity contribution in [3.63, 3.8) is 0 Å². The first kappa shape index (κ1) is 26.0. The molecule has 6 nitrogen and oxygen atoms in total. The van der Waals surface area contributed by atoms with Crippen molar-refractivity contribution in [2.45, 2.75) is 76.3 Å². The van der Waals surface area contributed by atoms with E-state index in [4.69, 9.17) is 5.73 Å². The predicted molar refractivity (Wildman–Crippen MR) is 147 cm³/mol. The summed E-state index contributed by atoms with van der Waals surface area (Å²) in [5.41, 5.74) is 8.88. The summed E-state index contributed by atoms with van der Waals surface area (Å²) in [5.74, 6) is 0.472. The number of anilines is 2. The zero-order valence-electron chi connectivity index (χ0n) is 21.2. The summed E-state index contributed by atoms with van der Waals surface area (Å²) >= 11 is 0. The summed E-state index contributed by atoms with van der Waals surface area (Å²) in [6, 6.07) is 15.0. The zero-order chi connectivity index (χ0) is 25.2. The van der Waals surface area contributed by atoms with Gasteiger partial charge in [-0.05, 0) is 67.5 Å². The van der Waals surface area contributed by atoms with E-state index in [0.717, 1.165) is 30.5 Å². The average molecular weight is 489 g/mol. The third kappa shape index (κ3) is 7.69. The molecule has 0 aliphatic heterocycles. The van der Waals surface area contributed by atoms with Gasteiger partial charge >= 0.3 is 0 Å². The molecule has 2 aliphatic carbocycles. The van der Waals surface area contributed by atoms with Crippen LogP contribution in [0.25, 0.3) is 6.08 Å². The van der Waals surface area contributed by atoms with Crippen LogP contribution in [0.5, 0.6) is 0 Å². The van der Waals surface area contributed by atoms with E-state index in [-0.39, 0.29) is 23.9 Å². The van der Waals surface area contributed by atoms with Gasteiger partial charge in [0.05, 0.1) is 11.4 Å². The van der Waals surface area contributed by atoms with Gasteiger partial charge in [-0.25, -0.2) is 0 Å². The molecule has 0 bridgehead atoms. The number of benzene rings is 2. The second kappa shape index (κ2) is 13.3. The molecule has 4 rings (SSSR count). The van der Waals surface area contributed by atoms with Crippen molar-refractivity contribution in [2.75, 3.05) is 17.6 Å². The fourth-order valence-corrected chi connectivity index (χ4v) is 5.33. The molecule has 0 heterocycles. The highest BCUT2D eigenvalue weighted by atomic mass is 16.2. The van der Waals surface area contributed by atoms with E-state index in [2.05, 4.69) is 16.0 Å². The minimum Gasteiger partial charge on any atom is -0.397 e. The van der Waals surface area contributed by atoms with E-state index in [9.17, 15) is 9.59 Å². The molecule has 2 aliphatic rings. The lowest BCUT2D eigenvalue weighted by Crippen LogP contribution is -2.44. The van der Waals surface area contributed by atoms with Crippen molar-refractivity contribution < 1.29 is 9.59 Å². The fourth-order valence-electron chi connectivity index (χ4n) is 5.33. The maximum Gasteiger partial charge on any atom is 0.248 e. The highest BCUT2D eigenvalue weighted by Crippen LogP contribution is 2.25. The lowest BCUT2D eigenvalue weighted by molar-refractivity contribution is -0.124. The molecule has 2 fully saturated rings. The number of para-hydroxylation sites is 2. The van der Waals surface area contributed by atoms with Gasteiger partial charge in [0.2, 0.25) is 11.8 Å². The van der Waals surface area contributed by atoms with E-state index < -0.39 is 0 Å². The van der Waals surface area contributed by atoms with Crippen LogP contribution in [0, 0.1) is 5.92 Å². The number of rotatable bonds is 9. The molecule has 2 aromatic carbocycles. The van der Waals surface area contributed by atoms with Gasteiger partial charge in [-0.2, -0.15) is 0 Å². The normalized spacial score (nSPS) is 18.1. The zero-order valence-corrected chi connectivity index (χ0v) is 21.2. The molecule has 0 spiro atoms. The standard InChI is InChI=1S/C30H40N4O2/c31-26-13-7-8-14-27(26)34-28(35)20-17-22-15-18-24(19-16-22)29(32-21-23-9-3-1-4-10-23)30(36)33-25-11-5-2-6-12-25/h7-8,13-20,23,25,29,32H,1-6,9-12,21,31H2,(H,33,36)(H,34,35)/b20-17+. The van der Waals surface area contributed by atoms with Crippen LogP contribution in [0.1, 0.15) is 81.4 Å². The number of nitrogens with one attached hydrogen (secondary N) is 3. The minimum absolute atomic E-state index is 0.0702. The molecule has 6 heteroatoms. The molecule has 36 heavy (non-hydrogen) atoms. The van der Waals surface area contributed by atoms with Gasteiger partial charge in [-0.15, -0.1) is 0 Å². The quantitative estimate of drug-likeness (QED) is 0.274. The molecule has 192 valence electrons. The smallest absolute Gasteiger partial charge is 0.248 e. The third-order valence-corrected chi connectivity index (χ3v) is 7.46. The van der Waals surface area contributed by atoms with Crippen LogP contribution in [0.15, 0.2) is 54.6 Å². The summed E-state index contributed by atoms with van der Waals surface area (Å²) in [7, 11) is 0. The topological polar surface area (TPSA) is 96.2 Å². The first-order valence-electron chi connectivity index (χ1n) is 13.6. The van der Waals surface area contributed by atoms with Crippen molar-refractivity contribution in [3.8, 4) is 0 Å². The van der Waals surface area contributed by atoms with Crippen LogP contribution in [-0.4, -0.2) is 24.4 Å². The van der Waals surface area contributed by atoms with E-state index >= 15 is 0 Å². The van der Waals surface area contributed by atoms with Crippen LogP contribution >= 0.6 is 0 Å². The summed E-state index contributed by atoms with van der Waals surface area (Å²) in [6.45, 7) is 0.868. The largest absolute Gasteiger partial charge is 0.397 e. The van der Waals surface area contributed by atoms with Gasteiger partial charge in [0.15, 0.2) is 0 Å². The summed E-state index contributed by atoms with van der Waals surface area (Å²) in [6.07, 6.45) is 15.4. The Balaban J connectivity index is 1.40. The Labute approximate surface area is 215 Å². The second-order valence-electron chi connectivity index (χ2n) is 10.3. The van der Waals surface area contributed by atoms with Crippen LogP contribution < -0.4 is 21.7 Å². The first-order chi connectivity index (χ1) is 17.6. The molecule has 2 aromatic rings. The Hall–Kier alpha value is -3.12. The van der Waals surface area contributed by atoms with Gasteiger partial charge < -0.3 is 21.7 Å². The number of carbonyl (C=O) groups excluding carboxylic acids is 2. The molecule has 0 aromatic heterocycles. The van der Waals surface area contributed by atoms with Gasteiger partial charge in [-0.3, -0.25) is 9.59 Å². The maximum atomic E-state index is 13.3. The second-order valence-corrected chi connectivity index (χ2v) is 10.3. The summed E-state index contributed by atoms with van der Waals surface area (Å²) < 4.78 is 0. The molecule has 2 amide bonds. The van der Waals surface area contributed by atoms with E-state index in [1.165, 1.54) is 57.4 Å². The van der Waals surface area contributed by atoms with Crippen molar-refractivity contribution >= 4 is 29.3 Å². The Kier molecular flexibility index (Phi) is 9.56. The Morgan fingerprint density at radius 3 is 2.25 bits per heavy atom. The van der Waals surface area contributed by atoms with Gasteiger partial charge in [0, 0.05) is 12.1 Å². The molecule has 1 unspecified atom stereocenters. The fraction of sp³-hybridized carbons (Fsp3) is 0.467. The Morgan fingerprint density at radius 1 is 0.889 bits per heavy atom. The van der Waals surface area contributed by atoms with Gasteiger partial charge in [0.1, 0.15) is 6.04 Å². The Morgan fingerprint density at radius 2 is 1.56 bits per heavy atom. The molecular formula is C30H40N4O2. The average Bonchev–Trinajstić information content (AvgIpc) is 2.91. The van der Waals surface area contributed by atoms with E-state index in [0.29, 0.717) is 17.3 Å². The number of carbonyl (C=O) groups is 2. The molecule has 5 N–H and O–H groups in total. The number of amides is 2. The Bertz CT molecular complexity index is 1020. The van der Waals surface area contributed by atoms with Crippen molar-refractivity contribution in [1.29, 1.82) is 0 Å². The number of hydrogen-bond acceptors (Lipinski definition) is 4. The summed E-state index contributed by atoms with van der Waals surface area (Å²) in [4.78, 5) is 25.6. The van der Waals surface area contributed by atoms with Crippen LogP contribution in [0.2, 0.25) is 0 Å². The van der Waals surface area contributed by atoms with Crippen molar-refractivity contribution in [1.82, 2.24) is 10.6 Å². The SMILES string of the molecule is Nc1ccccc1NC(=O)/C=C/c1ccc(C(NCC2CCCCC2)C(=O)NC2CCCCC2)cc1. The van der Waals surface area contributed by atoms with Gasteiger partial charge in [-0.1, -0.05) is 74.9 Å². The number of nitrogens with two attached hydrogens (primary N) is 1. The van der Waals surface area contributed by atoms with Crippen LogP contribution in [0.3, 0.4) is 0 Å². The minimum atomic E-state index is -0.365. The predicted octanol–water partition coefficient (Wildman–Crippen LogP) is 5.58. The molecular weight excluding hydrogens is 448 g/mol. The maximum absolute atomic E-state index is 13.3. The third-order valence-electron chi connectivity index (χ3n) is 7.46. The lowest BCUT2D eigenvalue weighted by Gasteiger charge is -2.28. The highest BCUT2D eigenvalue weighted by molar-refractivity contribution is 6.03. The summed E-state index contributed by atoms with van der Waals surface area (Å²) in [5, 5.41) is 9.70.